The Bertz CT molecular complexity index is 987. The van der Waals surface area contributed by atoms with Crippen LogP contribution in [0.25, 0.3) is 0 Å². The third-order valence-electron chi connectivity index (χ3n) is 4.19. The van der Waals surface area contributed by atoms with Crippen molar-refractivity contribution in [1.29, 1.82) is 0 Å². The number of aromatic nitrogens is 2. The minimum atomic E-state index is -0.463. The Kier molecular flexibility index (Phi) is 5.96. The number of hydrogen-bond donors (Lipinski definition) is 2. The fraction of sp³-hybridized carbons (Fsp3) is 0.143. The third kappa shape index (κ3) is 4.50. The number of carbonyl (C=O) groups excluding carboxylic acids is 2. The Morgan fingerprint density at radius 3 is 2.39 bits per heavy atom. The largest absolute Gasteiger partial charge is 0.465 e. The molecule has 0 atom stereocenters. The summed E-state index contributed by atoms with van der Waals surface area (Å²) in [4.78, 5) is 32.5. The molecule has 0 aliphatic rings. The first-order chi connectivity index (χ1) is 13.6. The Morgan fingerprint density at radius 2 is 1.68 bits per heavy atom. The van der Waals surface area contributed by atoms with Gasteiger partial charge < -0.3 is 15.4 Å². The van der Waals surface area contributed by atoms with Crippen LogP contribution in [-0.4, -0.2) is 29.0 Å². The van der Waals surface area contributed by atoms with Crippen LogP contribution < -0.4 is 10.6 Å². The maximum Gasteiger partial charge on any atom is 0.339 e. The summed E-state index contributed by atoms with van der Waals surface area (Å²) in [6.45, 7) is 2.43. The van der Waals surface area contributed by atoms with Gasteiger partial charge in [0.15, 0.2) is 0 Å². The number of ether oxygens (including phenoxy) is 1. The molecule has 0 saturated heterocycles. The van der Waals surface area contributed by atoms with Crippen LogP contribution in [0.5, 0.6) is 0 Å². The molecule has 0 unspecified atom stereocenters. The van der Waals surface area contributed by atoms with E-state index < -0.39 is 5.97 Å². The highest BCUT2D eigenvalue weighted by atomic mass is 16.5. The van der Waals surface area contributed by atoms with Crippen LogP contribution in [0, 0.1) is 6.92 Å². The summed E-state index contributed by atoms with van der Waals surface area (Å²) < 4.78 is 4.76. The number of amides is 1. The first-order valence-corrected chi connectivity index (χ1v) is 8.67. The molecular formula is C21H20N4O3. The first-order valence-electron chi connectivity index (χ1n) is 8.67. The predicted octanol–water partition coefficient (Wildman–Crippen LogP) is 3.25. The average molecular weight is 376 g/mol. The van der Waals surface area contributed by atoms with Crippen molar-refractivity contribution in [2.45, 2.75) is 13.5 Å². The van der Waals surface area contributed by atoms with Crippen molar-refractivity contribution in [1.82, 2.24) is 15.3 Å². The normalized spacial score (nSPS) is 10.2. The van der Waals surface area contributed by atoms with Gasteiger partial charge in [0.1, 0.15) is 0 Å². The number of nitrogens with one attached hydrogen (secondary N) is 2. The second kappa shape index (κ2) is 8.77. The van der Waals surface area contributed by atoms with Crippen LogP contribution in [0.2, 0.25) is 0 Å². The maximum atomic E-state index is 12.3. The number of benzene rings is 2. The Labute approximate surface area is 162 Å². The number of para-hydroxylation sites is 1. The smallest absolute Gasteiger partial charge is 0.339 e. The van der Waals surface area contributed by atoms with Gasteiger partial charge in [-0.25, -0.2) is 14.8 Å². The summed E-state index contributed by atoms with van der Waals surface area (Å²) >= 11 is 0. The van der Waals surface area contributed by atoms with Crippen LogP contribution in [0.4, 0.5) is 11.6 Å². The molecule has 28 heavy (non-hydrogen) atoms. The lowest BCUT2D eigenvalue weighted by atomic mass is 10.1. The highest BCUT2D eigenvalue weighted by Gasteiger charge is 2.13. The Morgan fingerprint density at radius 1 is 1.00 bits per heavy atom. The van der Waals surface area contributed by atoms with E-state index in [1.165, 1.54) is 19.5 Å². The molecule has 2 aromatic carbocycles. The molecule has 2 N–H and O–H groups in total. The molecule has 1 aromatic heterocycles. The van der Waals surface area contributed by atoms with E-state index in [9.17, 15) is 9.59 Å². The molecule has 1 heterocycles. The molecular weight excluding hydrogens is 356 g/mol. The molecule has 1 amide bonds. The molecule has 0 radical (unpaired) electrons. The van der Waals surface area contributed by atoms with Gasteiger partial charge in [-0.2, -0.15) is 0 Å². The van der Waals surface area contributed by atoms with E-state index in [1.54, 1.807) is 24.3 Å². The first kappa shape index (κ1) is 19.0. The van der Waals surface area contributed by atoms with E-state index in [1.807, 2.05) is 31.2 Å². The summed E-state index contributed by atoms with van der Waals surface area (Å²) in [6, 6.07) is 14.7. The minimum absolute atomic E-state index is 0.259. The third-order valence-corrected chi connectivity index (χ3v) is 4.19. The molecule has 0 aliphatic heterocycles. The molecule has 0 fully saturated rings. The van der Waals surface area contributed by atoms with E-state index >= 15 is 0 Å². The zero-order chi connectivity index (χ0) is 19.9. The van der Waals surface area contributed by atoms with Gasteiger partial charge in [-0.3, -0.25) is 4.79 Å². The minimum Gasteiger partial charge on any atom is -0.465 e. The standard InChI is InChI=1S/C21H20N4O3/c1-14-7-3-4-8-15(14)11-22-19(26)16-12-23-21(24-13-16)25-18-10-6-5-9-17(18)20(27)28-2/h3-10,12-13H,11H2,1-2H3,(H,22,26)(H,23,24,25). The van der Waals surface area contributed by atoms with E-state index in [0.29, 0.717) is 23.4 Å². The highest BCUT2D eigenvalue weighted by Crippen LogP contribution is 2.19. The van der Waals surface area contributed by atoms with Crippen LogP contribution in [0.1, 0.15) is 31.8 Å². The summed E-state index contributed by atoms with van der Waals surface area (Å²) in [5.41, 5.74) is 3.40. The number of hydrogen-bond acceptors (Lipinski definition) is 6. The van der Waals surface area contributed by atoms with Gasteiger partial charge in [0, 0.05) is 18.9 Å². The maximum absolute atomic E-state index is 12.3. The van der Waals surface area contributed by atoms with Crippen molar-refractivity contribution in [3.63, 3.8) is 0 Å². The average Bonchev–Trinajstić information content (AvgIpc) is 2.73. The number of rotatable bonds is 6. The number of anilines is 2. The lowest BCUT2D eigenvalue weighted by Crippen LogP contribution is -2.23. The van der Waals surface area contributed by atoms with Crippen LogP contribution in [0.3, 0.4) is 0 Å². The topological polar surface area (TPSA) is 93.2 Å². The summed E-state index contributed by atoms with van der Waals surface area (Å²) in [6.07, 6.45) is 2.87. The quantitative estimate of drug-likeness (QED) is 0.642. The predicted molar refractivity (Wildman–Crippen MR) is 105 cm³/mol. The summed E-state index contributed by atoms with van der Waals surface area (Å²) in [5.74, 6) is -0.452. The van der Waals surface area contributed by atoms with E-state index in [2.05, 4.69) is 20.6 Å². The van der Waals surface area contributed by atoms with E-state index in [-0.39, 0.29) is 11.9 Å². The number of esters is 1. The van der Waals surface area contributed by atoms with Gasteiger partial charge in [0.2, 0.25) is 5.95 Å². The zero-order valence-electron chi connectivity index (χ0n) is 15.6. The molecule has 7 heteroatoms. The lowest BCUT2D eigenvalue weighted by Gasteiger charge is -2.10. The van der Waals surface area contributed by atoms with Gasteiger partial charge in [0.05, 0.1) is 23.9 Å². The molecule has 0 spiro atoms. The summed E-state index contributed by atoms with van der Waals surface area (Å²) in [5, 5.41) is 5.82. The Hall–Kier alpha value is -3.74. The van der Waals surface area contributed by atoms with Gasteiger partial charge in [-0.05, 0) is 30.2 Å². The molecule has 0 aliphatic carbocycles. The molecule has 0 bridgehead atoms. The number of methoxy groups -OCH3 is 1. The van der Waals surface area contributed by atoms with Gasteiger partial charge in [0.25, 0.3) is 5.91 Å². The Balaban J connectivity index is 1.66. The van der Waals surface area contributed by atoms with Crippen molar-refractivity contribution < 1.29 is 14.3 Å². The monoisotopic (exact) mass is 376 g/mol. The van der Waals surface area contributed by atoms with Crippen molar-refractivity contribution >= 4 is 23.5 Å². The molecule has 3 rings (SSSR count). The fourth-order valence-electron chi connectivity index (χ4n) is 2.60. The summed E-state index contributed by atoms with van der Waals surface area (Å²) in [7, 11) is 1.32. The second-order valence-electron chi connectivity index (χ2n) is 6.07. The van der Waals surface area contributed by atoms with Gasteiger partial charge in [-0.1, -0.05) is 36.4 Å². The van der Waals surface area contributed by atoms with Crippen molar-refractivity contribution in [2.24, 2.45) is 0 Å². The molecule has 3 aromatic rings. The number of aryl methyl sites for hydroxylation is 1. The zero-order valence-corrected chi connectivity index (χ0v) is 15.6. The number of nitrogens with zero attached hydrogens (tertiary/aromatic N) is 2. The van der Waals surface area contributed by atoms with Crippen molar-refractivity contribution in [3.05, 3.63) is 83.2 Å². The van der Waals surface area contributed by atoms with Crippen molar-refractivity contribution in [3.8, 4) is 0 Å². The lowest BCUT2D eigenvalue weighted by molar-refractivity contribution is 0.0601. The number of carbonyl (C=O) groups is 2. The van der Waals surface area contributed by atoms with Gasteiger partial charge in [-0.15, -0.1) is 0 Å². The van der Waals surface area contributed by atoms with Crippen LogP contribution in [-0.2, 0) is 11.3 Å². The van der Waals surface area contributed by atoms with Crippen LogP contribution in [0.15, 0.2) is 60.9 Å². The van der Waals surface area contributed by atoms with E-state index in [0.717, 1.165) is 11.1 Å². The van der Waals surface area contributed by atoms with Gasteiger partial charge >= 0.3 is 5.97 Å². The van der Waals surface area contributed by atoms with Crippen LogP contribution >= 0.6 is 0 Å². The highest BCUT2D eigenvalue weighted by molar-refractivity contribution is 5.96. The molecule has 142 valence electrons. The molecule has 0 saturated carbocycles. The fourth-order valence-corrected chi connectivity index (χ4v) is 2.60. The molecule has 7 nitrogen and oxygen atoms in total. The van der Waals surface area contributed by atoms with E-state index in [4.69, 9.17) is 4.74 Å². The van der Waals surface area contributed by atoms with Crippen molar-refractivity contribution in [2.75, 3.05) is 12.4 Å². The SMILES string of the molecule is COC(=O)c1ccccc1Nc1ncc(C(=O)NCc2ccccc2C)cn1. The second-order valence-corrected chi connectivity index (χ2v) is 6.07.